The van der Waals surface area contributed by atoms with E-state index in [-0.39, 0.29) is 24.9 Å². The van der Waals surface area contributed by atoms with Crippen molar-refractivity contribution in [2.24, 2.45) is 0 Å². The lowest BCUT2D eigenvalue weighted by molar-refractivity contribution is -0.389. The average molecular weight is 377 g/mol. The average Bonchev–Trinajstić information content (AvgIpc) is 3.15. The molecule has 0 atom stereocenters. The molecule has 0 saturated carbocycles. The van der Waals surface area contributed by atoms with Gasteiger partial charge in [0.2, 0.25) is 5.91 Å². The molecule has 140 valence electrons. The lowest BCUT2D eigenvalue weighted by Crippen LogP contribution is -2.19. The van der Waals surface area contributed by atoms with Gasteiger partial charge in [-0.25, -0.2) is 0 Å². The first-order valence-electron chi connectivity index (χ1n) is 8.23. The number of aromatic nitrogens is 2. The lowest BCUT2D eigenvalue weighted by atomic mass is 10.1. The monoisotopic (exact) mass is 377 g/mol. The third kappa shape index (κ3) is 4.92. The second kappa shape index (κ2) is 8.46. The summed E-state index contributed by atoms with van der Waals surface area (Å²) in [5.41, 5.74) is 1.93. The predicted octanol–water partition coefficient (Wildman–Crippen LogP) is 2.88. The maximum atomic E-state index is 12.1. The zero-order chi connectivity index (χ0) is 19.9. The summed E-state index contributed by atoms with van der Waals surface area (Å²) < 4.78 is 6.90. The number of ether oxygens (including phenoxy) is 1. The van der Waals surface area contributed by atoms with E-state index in [0.29, 0.717) is 17.0 Å². The number of nitrogens with zero attached hydrogens (tertiary/aromatic N) is 4. The normalized spacial score (nSPS) is 10.1. The highest BCUT2D eigenvalue weighted by atomic mass is 16.6. The molecule has 9 heteroatoms. The lowest BCUT2D eigenvalue weighted by Gasteiger charge is -2.09. The molecule has 28 heavy (non-hydrogen) atoms. The zero-order valence-corrected chi connectivity index (χ0v) is 14.6. The fraction of sp³-hybridized carbons (Fsp3) is 0.105. The Kier molecular flexibility index (Phi) is 5.62. The van der Waals surface area contributed by atoms with Crippen molar-refractivity contribution in [1.29, 1.82) is 5.26 Å². The molecule has 0 fully saturated rings. The summed E-state index contributed by atoms with van der Waals surface area (Å²) >= 11 is 0. The third-order valence-corrected chi connectivity index (χ3v) is 3.70. The Labute approximate surface area is 159 Å². The number of nitro groups is 1. The van der Waals surface area contributed by atoms with Gasteiger partial charge in [-0.1, -0.05) is 18.2 Å². The van der Waals surface area contributed by atoms with Crippen LogP contribution in [-0.2, 0) is 17.9 Å². The molecule has 0 aliphatic rings. The predicted molar refractivity (Wildman–Crippen MR) is 99.4 cm³/mol. The van der Waals surface area contributed by atoms with E-state index in [1.54, 1.807) is 42.5 Å². The van der Waals surface area contributed by atoms with Crippen LogP contribution in [0.25, 0.3) is 0 Å². The molecule has 0 aliphatic carbocycles. The Bertz CT molecular complexity index is 1050. The van der Waals surface area contributed by atoms with E-state index >= 15 is 0 Å². The summed E-state index contributed by atoms with van der Waals surface area (Å²) in [5, 5.41) is 25.9. The van der Waals surface area contributed by atoms with E-state index in [0.717, 1.165) is 5.56 Å². The Hall–Kier alpha value is -4.19. The molecule has 0 spiro atoms. The number of hydrogen-bond acceptors (Lipinski definition) is 6. The van der Waals surface area contributed by atoms with Crippen LogP contribution < -0.4 is 10.1 Å². The topological polar surface area (TPSA) is 123 Å². The molecule has 3 aromatic rings. The third-order valence-electron chi connectivity index (χ3n) is 3.70. The first-order chi connectivity index (χ1) is 13.5. The van der Waals surface area contributed by atoms with Crippen molar-refractivity contribution in [3.05, 3.63) is 82.0 Å². The molecule has 1 amide bonds. The summed E-state index contributed by atoms with van der Waals surface area (Å²) in [7, 11) is 0. The molecule has 0 aliphatic heterocycles. The standard InChI is InChI=1S/C19H15N5O4/c20-11-14-3-1-4-15(9-14)13-28-17-6-2-5-16(10-17)21-19(25)12-23-8-7-18(22-23)24(26)27/h1-10H,12-13H2,(H,21,25). The first kappa shape index (κ1) is 18.6. The fourth-order valence-electron chi connectivity index (χ4n) is 2.45. The summed E-state index contributed by atoms with van der Waals surface area (Å²) in [6.45, 7) is 0.129. The quantitative estimate of drug-likeness (QED) is 0.499. The van der Waals surface area contributed by atoms with Crippen molar-refractivity contribution in [2.75, 3.05) is 5.32 Å². The molecular formula is C19H15N5O4. The van der Waals surface area contributed by atoms with Gasteiger partial charge in [-0.3, -0.25) is 4.79 Å². The van der Waals surface area contributed by atoms with Crippen LogP contribution in [0.3, 0.4) is 0 Å². The summed E-state index contributed by atoms with van der Waals surface area (Å²) in [4.78, 5) is 22.1. The van der Waals surface area contributed by atoms with Gasteiger partial charge in [-0.2, -0.15) is 9.94 Å². The minimum Gasteiger partial charge on any atom is -0.489 e. The molecule has 1 aromatic heterocycles. The van der Waals surface area contributed by atoms with Gasteiger partial charge in [-0.15, -0.1) is 0 Å². The van der Waals surface area contributed by atoms with Crippen LogP contribution in [0.4, 0.5) is 11.5 Å². The molecule has 0 bridgehead atoms. The fourth-order valence-corrected chi connectivity index (χ4v) is 2.45. The highest BCUT2D eigenvalue weighted by molar-refractivity contribution is 5.90. The number of benzene rings is 2. The number of nitrogens with one attached hydrogen (secondary N) is 1. The largest absolute Gasteiger partial charge is 0.489 e. The second-order valence-corrected chi connectivity index (χ2v) is 5.81. The van der Waals surface area contributed by atoms with Crippen molar-refractivity contribution >= 4 is 17.4 Å². The van der Waals surface area contributed by atoms with E-state index in [9.17, 15) is 14.9 Å². The molecule has 1 heterocycles. The van der Waals surface area contributed by atoms with E-state index < -0.39 is 4.92 Å². The molecule has 0 saturated heterocycles. The van der Waals surface area contributed by atoms with Crippen LogP contribution >= 0.6 is 0 Å². The van der Waals surface area contributed by atoms with Crippen LogP contribution in [0.15, 0.2) is 60.8 Å². The Morgan fingerprint density at radius 3 is 2.82 bits per heavy atom. The van der Waals surface area contributed by atoms with Gasteiger partial charge in [0.15, 0.2) is 0 Å². The Morgan fingerprint density at radius 1 is 1.25 bits per heavy atom. The number of nitriles is 1. The van der Waals surface area contributed by atoms with Crippen LogP contribution in [-0.4, -0.2) is 20.6 Å². The van der Waals surface area contributed by atoms with Crippen LogP contribution in [0.1, 0.15) is 11.1 Å². The summed E-state index contributed by atoms with van der Waals surface area (Å²) in [6, 6.07) is 17.3. The van der Waals surface area contributed by atoms with Gasteiger partial charge in [0.1, 0.15) is 18.9 Å². The number of amides is 1. The summed E-state index contributed by atoms with van der Waals surface area (Å²) in [5.74, 6) is -0.143. The minimum atomic E-state index is -0.623. The van der Waals surface area contributed by atoms with E-state index in [2.05, 4.69) is 16.5 Å². The first-order valence-corrected chi connectivity index (χ1v) is 8.23. The van der Waals surface area contributed by atoms with Crippen LogP contribution in [0.2, 0.25) is 0 Å². The van der Waals surface area contributed by atoms with Crippen LogP contribution in [0.5, 0.6) is 5.75 Å². The molecule has 1 N–H and O–H groups in total. The van der Waals surface area contributed by atoms with Crippen molar-refractivity contribution < 1.29 is 14.5 Å². The zero-order valence-electron chi connectivity index (χ0n) is 14.6. The highest BCUT2D eigenvalue weighted by Crippen LogP contribution is 2.19. The van der Waals surface area contributed by atoms with Gasteiger partial charge in [0.05, 0.1) is 29.0 Å². The number of carbonyl (C=O) groups is 1. The van der Waals surface area contributed by atoms with Gasteiger partial charge in [-0.05, 0) is 34.8 Å². The Morgan fingerprint density at radius 2 is 2.07 bits per heavy atom. The number of hydrogen-bond donors (Lipinski definition) is 1. The smallest absolute Gasteiger partial charge is 0.389 e. The minimum absolute atomic E-state index is 0.153. The van der Waals surface area contributed by atoms with Gasteiger partial charge in [0, 0.05) is 11.8 Å². The molecule has 3 rings (SSSR count). The van der Waals surface area contributed by atoms with Crippen molar-refractivity contribution in [3.63, 3.8) is 0 Å². The van der Waals surface area contributed by atoms with Gasteiger partial charge >= 0.3 is 5.82 Å². The second-order valence-electron chi connectivity index (χ2n) is 5.81. The molecule has 2 aromatic carbocycles. The number of carbonyl (C=O) groups excluding carboxylic acids is 1. The van der Waals surface area contributed by atoms with Gasteiger partial charge in [0.25, 0.3) is 0 Å². The number of rotatable bonds is 7. The molecule has 9 nitrogen and oxygen atoms in total. The highest BCUT2D eigenvalue weighted by Gasteiger charge is 2.13. The van der Waals surface area contributed by atoms with Gasteiger partial charge < -0.3 is 20.2 Å². The molecule has 0 radical (unpaired) electrons. The number of anilines is 1. The SMILES string of the molecule is N#Cc1cccc(COc2cccc(NC(=O)Cn3ccc([N+](=O)[O-])n3)c2)c1. The van der Waals surface area contributed by atoms with Crippen molar-refractivity contribution in [1.82, 2.24) is 9.78 Å². The molecular weight excluding hydrogens is 362 g/mol. The van der Waals surface area contributed by atoms with Crippen molar-refractivity contribution in [2.45, 2.75) is 13.2 Å². The van der Waals surface area contributed by atoms with E-state index in [4.69, 9.17) is 10.00 Å². The maximum Gasteiger partial charge on any atom is 0.389 e. The molecule has 0 unspecified atom stereocenters. The van der Waals surface area contributed by atoms with Crippen LogP contribution in [0, 0.1) is 21.4 Å². The Balaban J connectivity index is 1.58. The van der Waals surface area contributed by atoms with E-state index in [1.807, 2.05) is 6.07 Å². The van der Waals surface area contributed by atoms with E-state index in [1.165, 1.54) is 16.9 Å². The van der Waals surface area contributed by atoms with Crippen molar-refractivity contribution in [3.8, 4) is 11.8 Å². The summed E-state index contributed by atoms with van der Waals surface area (Å²) in [6.07, 6.45) is 1.37. The maximum absolute atomic E-state index is 12.1.